The summed E-state index contributed by atoms with van der Waals surface area (Å²) in [6, 6.07) is 25.1. The van der Waals surface area contributed by atoms with Crippen LogP contribution in [0.25, 0.3) is 33.6 Å². The molecule has 0 saturated heterocycles. The minimum atomic E-state index is 0.235. The first-order valence-corrected chi connectivity index (χ1v) is 8.90. The summed E-state index contributed by atoms with van der Waals surface area (Å²) in [7, 11) is 0. The van der Waals surface area contributed by atoms with Crippen molar-refractivity contribution in [3.05, 3.63) is 90.0 Å². The van der Waals surface area contributed by atoms with E-state index in [2.05, 4.69) is 18.2 Å². The standard InChI is InChI=1S/C24H17NO2/c26-17-11-9-16(10-12-17)22-14-19(15-5-2-1-3-6-15)21-13-20-18(24(21)25-22)7-4-8-23(20)27/h1-12,14,26-27H,13H2. The Morgan fingerprint density at radius 2 is 1.44 bits per heavy atom. The topological polar surface area (TPSA) is 53.4 Å². The lowest BCUT2D eigenvalue weighted by Gasteiger charge is -2.12. The van der Waals surface area contributed by atoms with Crippen LogP contribution in [0, 0.1) is 0 Å². The molecule has 3 heteroatoms. The van der Waals surface area contributed by atoms with Gasteiger partial charge in [0.1, 0.15) is 11.5 Å². The molecule has 4 aromatic rings. The molecule has 27 heavy (non-hydrogen) atoms. The average Bonchev–Trinajstić information content (AvgIpc) is 3.09. The second-order valence-electron chi connectivity index (χ2n) is 6.78. The monoisotopic (exact) mass is 351 g/mol. The highest BCUT2D eigenvalue weighted by atomic mass is 16.3. The van der Waals surface area contributed by atoms with Gasteiger partial charge in [0.2, 0.25) is 0 Å². The fourth-order valence-corrected chi connectivity index (χ4v) is 3.79. The SMILES string of the molecule is Oc1ccc(-c2cc(-c3ccccc3)c3c(n2)-c2cccc(O)c2C3)cc1. The predicted molar refractivity (Wildman–Crippen MR) is 107 cm³/mol. The Kier molecular flexibility index (Phi) is 3.47. The smallest absolute Gasteiger partial charge is 0.119 e. The average molecular weight is 351 g/mol. The van der Waals surface area contributed by atoms with Crippen molar-refractivity contribution in [2.45, 2.75) is 6.42 Å². The van der Waals surface area contributed by atoms with Crippen LogP contribution < -0.4 is 0 Å². The molecule has 0 unspecified atom stereocenters. The quantitative estimate of drug-likeness (QED) is 0.448. The number of hydrogen-bond acceptors (Lipinski definition) is 3. The fourth-order valence-electron chi connectivity index (χ4n) is 3.79. The van der Waals surface area contributed by atoms with Crippen LogP contribution in [0.2, 0.25) is 0 Å². The second-order valence-corrected chi connectivity index (χ2v) is 6.78. The maximum absolute atomic E-state index is 10.3. The van der Waals surface area contributed by atoms with Crippen molar-refractivity contribution in [3.63, 3.8) is 0 Å². The lowest BCUT2D eigenvalue weighted by atomic mass is 9.96. The number of benzene rings is 3. The summed E-state index contributed by atoms with van der Waals surface area (Å²) in [5.41, 5.74) is 8.03. The molecule has 3 aromatic carbocycles. The van der Waals surface area contributed by atoms with Crippen LogP contribution in [-0.4, -0.2) is 15.2 Å². The molecule has 0 radical (unpaired) electrons. The minimum absolute atomic E-state index is 0.235. The van der Waals surface area contributed by atoms with E-state index < -0.39 is 0 Å². The molecular formula is C24H17NO2. The minimum Gasteiger partial charge on any atom is -0.508 e. The Bertz CT molecular complexity index is 1150. The summed E-state index contributed by atoms with van der Waals surface area (Å²) >= 11 is 0. The van der Waals surface area contributed by atoms with Gasteiger partial charge in [-0.2, -0.15) is 0 Å². The molecule has 1 heterocycles. The highest BCUT2D eigenvalue weighted by molar-refractivity contribution is 5.86. The van der Waals surface area contributed by atoms with E-state index >= 15 is 0 Å². The van der Waals surface area contributed by atoms with Crippen molar-refractivity contribution in [1.82, 2.24) is 4.98 Å². The Labute approximate surface area is 157 Å². The molecule has 0 amide bonds. The van der Waals surface area contributed by atoms with Crippen LogP contribution in [0.15, 0.2) is 78.9 Å². The first kappa shape index (κ1) is 15.6. The summed E-state index contributed by atoms with van der Waals surface area (Å²) in [6.07, 6.45) is 0.671. The van der Waals surface area contributed by atoms with E-state index in [9.17, 15) is 10.2 Å². The molecule has 0 saturated carbocycles. The largest absolute Gasteiger partial charge is 0.508 e. The van der Waals surface area contributed by atoms with Crippen LogP contribution >= 0.6 is 0 Å². The molecule has 0 bridgehead atoms. The van der Waals surface area contributed by atoms with Crippen LogP contribution in [0.1, 0.15) is 11.1 Å². The van der Waals surface area contributed by atoms with E-state index in [1.165, 1.54) is 0 Å². The molecule has 1 aliphatic rings. The van der Waals surface area contributed by atoms with Crippen LogP contribution in [-0.2, 0) is 6.42 Å². The number of nitrogens with zero attached hydrogens (tertiary/aromatic N) is 1. The van der Waals surface area contributed by atoms with Gasteiger partial charge in [-0.1, -0.05) is 42.5 Å². The van der Waals surface area contributed by atoms with E-state index in [4.69, 9.17) is 4.98 Å². The number of fused-ring (bicyclic) bond motifs is 3. The number of pyridine rings is 1. The molecule has 0 aliphatic heterocycles. The first-order chi connectivity index (χ1) is 13.2. The molecule has 0 fully saturated rings. The lowest BCUT2D eigenvalue weighted by molar-refractivity contribution is 0.470. The third-order valence-electron chi connectivity index (χ3n) is 5.13. The van der Waals surface area contributed by atoms with Crippen molar-refractivity contribution >= 4 is 0 Å². The number of aromatic nitrogens is 1. The van der Waals surface area contributed by atoms with Gasteiger partial charge in [0.25, 0.3) is 0 Å². The van der Waals surface area contributed by atoms with Gasteiger partial charge >= 0.3 is 0 Å². The molecule has 5 rings (SSSR count). The van der Waals surface area contributed by atoms with Crippen LogP contribution in [0.4, 0.5) is 0 Å². The third kappa shape index (κ3) is 2.56. The highest BCUT2D eigenvalue weighted by Gasteiger charge is 2.26. The van der Waals surface area contributed by atoms with Gasteiger partial charge in [0, 0.05) is 23.1 Å². The molecule has 0 spiro atoms. The van der Waals surface area contributed by atoms with E-state index in [0.29, 0.717) is 12.2 Å². The number of aromatic hydroxyl groups is 2. The highest BCUT2D eigenvalue weighted by Crippen LogP contribution is 2.45. The van der Waals surface area contributed by atoms with Gasteiger partial charge in [0.05, 0.1) is 11.4 Å². The van der Waals surface area contributed by atoms with Crippen LogP contribution in [0.3, 0.4) is 0 Å². The molecule has 1 aliphatic carbocycles. The third-order valence-corrected chi connectivity index (χ3v) is 5.13. The van der Waals surface area contributed by atoms with E-state index in [-0.39, 0.29) is 5.75 Å². The molecular weight excluding hydrogens is 334 g/mol. The summed E-state index contributed by atoms with van der Waals surface area (Å²) in [4.78, 5) is 4.93. The van der Waals surface area contributed by atoms with Crippen LogP contribution in [0.5, 0.6) is 11.5 Å². The summed E-state index contributed by atoms with van der Waals surface area (Å²) < 4.78 is 0. The molecule has 1 aromatic heterocycles. The maximum atomic E-state index is 10.3. The van der Waals surface area contributed by atoms with E-state index in [0.717, 1.165) is 44.8 Å². The fraction of sp³-hybridized carbons (Fsp3) is 0.0417. The van der Waals surface area contributed by atoms with Gasteiger partial charge in [-0.15, -0.1) is 0 Å². The summed E-state index contributed by atoms with van der Waals surface area (Å²) in [5.74, 6) is 0.550. The van der Waals surface area contributed by atoms with Crippen molar-refractivity contribution in [2.24, 2.45) is 0 Å². The Balaban J connectivity index is 1.79. The summed E-state index contributed by atoms with van der Waals surface area (Å²) in [6.45, 7) is 0. The van der Waals surface area contributed by atoms with Gasteiger partial charge in [-0.25, -0.2) is 4.98 Å². The lowest BCUT2D eigenvalue weighted by Crippen LogP contribution is -1.94. The Morgan fingerprint density at radius 3 is 2.22 bits per heavy atom. The second kappa shape index (κ2) is 5.99. The van der Waals surface area contributed by atoms with Gasteiger partial charge in [-0.3, -0.25) is 0 Å². The number of rotatable bonds is 2. The predicted octanol–water partition coefficient (Wildman–Crippen LogP) is 5.40. The van der Waals surface area contributed by atoms with Crippen molar-refractivity contribution in [1.29, 1.82) is 0 Å². The maximum Gasteiger partial charge on any atom is 0.119 e. The van der Waals surface area contributed by atoms with Crippen molar-refractivity contribution in [3.8, 4) is 45.1 Å². The zero-order valence-corrected chi connectivity index (χ0v) is 14.6. The molecule has 130 valence electrons. The summed E-state index contributed by atoms with van der Waals surface area (Å²) in [5, 5.41) is 19.9. The molecule has 3 nitrogen and oxygen atoms in total. The van der Waals surface area contributed by atoms with E-state index in [1.54, 1.807) is 18.2 Å². The zero-order valence-electron chi connectivity index (χ0n) is 14.6. The zero-order chi connectivity index (χ0) is 18.4. The van der Waals surface area contributed by atoms with Gasteiger partial charge in [0.15, 0.2) is 0 Å². The molecule has 0 atom stereocenters. The van der Waals surface area contributed by atoms with Crippen molar-refractivity contribution in [2.75, 3.05) is 0 Å². The Morgan fingerprint density at radius 1 is 0.667 bits per heavy atom. The van der Waals surface area contributed by atoms with Gasteiger partial charge < -0.3 is 10.2 Å². The molecule has 2 N–H and O–H groups in total. The van der Waals surface area contributed by atoms with E-state index in [1.807, 2.05) is 42.5 Å². The number of phenols is 2. The first-order valence-electron chi connectivity index (χ1n) is 8.90. The number of phenolic OH excluding ortho intramolecular Hbond substituents is 2. The van der Waals surface area contributed by atoms with Gasteiger partial charge in [-0.05, 0) is 53.1 Å². The Hall–Kier alpha value is -3.59. The number of hydrogen-bond donors (Lipinski definition) is 2. The van der Waals surface area contributed by atoms with Crippen molar-refractivity contribution < 1.29 is 10.2 Å². The normalized spacial score (nSPS) is 11.9.